The molecule has 0 aliphatic carbocycles. The average Bonchev–Trinajstić information content (AvgIpc) is 3.00. The van der Waals surface area contributed by atoms with E-state index in [0.717, 1.165) is 11.3 Å². The van der Waals surface area contributed by atoms with Crippen molar-refractivity contribution in [2.24, 2.45) is 0 Å². The van der Waals surface area contributed by atoms with Gasteiger partial charge in [-0.2, -0.15) is 4.98 Å². The number of nitrogens with zero attached hydrogens (tertiary/aromatic N) is 3. The van der Waals surface area contributed by atoms with Gasteiger partial charge in [-0.25, -0.2) is 4.98 Å². The molecule has 0 radical (unpaired) electrons. The molecule has 1 aromatic carbocycles. The standard InChI is InChI=1S/C12H9ClN4OS/c13-8-3-1-7(2-4-8)11-16-10(18-17-11)5-9-6-19-12(14)15-9/h1-4,6H,5H2,(H2,14,15). The second-order valence-electron chi connectivity index (χ2n) is 3.87. The van der Waals surface area contributed by atoms with E-state index in [1.807, 2.05) is 17.5 Å². The molecule has 5 nitrogen and oxygen atoms in total. The van der Waals surface area contributed by atoms with Gasteiger partial charge in [0.05, 0.1) is 12.1 Å². The molecule has 0 saturated carbocycles. The Morgan fingerprint density at radius 1 is 1.21 bits per heavy atom. The predicted molar refractivity (Wildman–Crippen MR) is 74.1 cm³/mol. The molecule has 3 aromatic rings. The Bertz CT molecular complexity index is 692. The van der Waals surface area contributed by atoms with Gasteiger partial charge in [-0.1, -0.05) is 16.8 Å². The van der Waals surface area contributed by atoms with Gasteiger partial charge in [-0.15, -0.1) is 11.3 Å². The highest BCUT2D eigenvalue weighted by molar-refractivity contribution is 7.13. The third-order valence-corrected chi connectivity index (χ3v) is 3.45. The van der Waals surface area contributed by atoms with Crippen molar-refractivity contribution in [1.82, 2.24) is 15.1 Å². The summed E-state index contributed by atoms with van der Waals surface area (Å²) in [5.41, 5.74) is 7.26. The van der Waals surface area contributed by atoms with Crippen molar-refractivity contribution in [3.05, 3.63) is 46.3 Å². The Labute approximate surface area is 118 Å². The smallest absolute Gasteiger partial charge is 0.233 e. The summed E-state index contributed by atoms with van der Waals surface area (Å²) in [5, 5.41) is 7.02. The lowest BCUT2D eigenvalue weighted by Crippen LogP contribution is -1.90. The van der Waals surface area contributed by atoms with Gasteiger partial charge in [-0.3, -0.25) is 0 Å². The van der Waals surface area contributed by atoms with Crippen LogP contribution in [0.4, 0.5) is 5.13 Å². The third-order valence-electron chi connectivity index (χ3n) is 2.47. The highest BCUT2D eigenvalue weighted by atomic mass is 35.5. The van der Waals surface area contributed by atoms with E-state index in [4.69, 9.17) is 21.9 Å². The van der Waals surface area contributed by atoms with Crippen LogP contribution in [0.15, 0.2) is 34.2 Å². The normalized spacial score (nSPS) is 10.8. The van der Waals surface area contributed by atoms with Gasteiger partial charge in [0, 0.05) is 16.0 Å². The van der Waals surface area contributed by atoms with Crippen LogP contribution in [0.25, 0.3) is 11.4 Å². The minimum atomic E-state index is 0.480. The maximum absolute atomic E-state index is 5.83. The molecule has 96 valence electrons. The minimum Gasteiger partial charge on any atom is -0.375 e. The molecule has 3 rings (SSSR count). The van der Waals surface area contributed by atoms with E-state index in [2.05, 4.69) is 15.1 Å². The van der Waals surface area contributed by atoms with Gasteiger partial charge < -0.3 is 10.3 Å². The fourth-order valence-corrected chi connectivity index (χ4v) is 2.29. The molecule has 0 amide bonds. The monoisotopic (exact) mass is 292 g/mol. The third kappa shape index (κ3) is 2.74. The predicted octanol–water partition coefficient (Wildman–Crippen LogP) is 3.02. The van der Waals surface area contributed by atoms with Gasteiger partial charge in [-0.05, 0) is 24.3 Å². The van der Waals surface area contributed by atoms with Gasteiger partial charge in [0.1, 0.15) is 0 Å². The van der Waals surface area contributed by atoms with Crippen molar-refractivity contribution in [3.63, 3.8) is 0 Å². The van der Waals surface area contributed by atoms with E-state index < -0.39 is 0 Å². The Balaban J connectivity index is 1.81. The maximum atomic E-state index is 5.83. The van der Waals surface area contributed by atoms with Gasteiger partial charge in [0.25, 0.3) is 0 Å². The molecule has 2 aromatic heterocycles. The molecule has 0 atom stereocenters. The summed E-state index contributed by atoms with van der Waals surface area (Å²) < 4.78 is 5.19. The zero-order valence-corrected chi connectivity index (χ0v) is 11.3. The number of hydrogen-bond donors (Lipinski definition) is 1. The summed E-state index contributed by atoms with van der Waals surface area (Å²) in [5.74, 6) is 1.05. The molecule has 0 unspecified atom stereocenters. The summed E-state index contributed by atoms with van der Waals surface area (Å²) in [6.45, 7) is 0. The summed E-state index contributed by atoms with van der Waals surface area (Å²) >= 11 is 7.22. The molecule has 0 bridgehead atoms. The lowest BCUT2D eigenvalue weighted by atomic mass is 10.2. The quantitative estimate of drug-likeness (QED) is 0.803. The molecule has 0 aliphatic heterocycles. The Morgan fingerprint density at radius 3 is 2.68 bits per heavy atom. The first-order valence-corrected chi connectivity index (χ1v) is 6.75. The van der Waals surface area contributed by atoms with Gasteiger partial charge >= 0.3 is 0 Å². The molecule has 0 aliphatic rings. The lowest BCUT2D eigenvalue weighted by Gasteiger charge is -1.93. The molecular weight excluding hydrogens is 284 g/mol. The number of aromatic nitrogens is 3. The van der Waals surface area contributed by atoms with Crippen LogP contribution in [-0.2, 0) is 6.42 Å². The van der Waals surface area contributed by atoms with E-state index in [0.29, 0.717) is 28.3 Å². The summed E-state index contributed by atoms with van der Waals surface area (Å²) in [6.07, 6.45) is 0.480. The molecular formula is C12H9ClN4OS. The zero-order chi connectivity index (χ0) is 13.2. The first-order valence-electron chi connectivity index (χ1n) is 5.49. The van der Waals surface area contributed by atoms with Gasteiger partial charge in [0.15, 0.2) is 5.13 Å². The Kier molecular flexibility index (Phi) is 3.18. The van der Waals surface area contributed by atoms with E-state index in [1.165, 1.54) is 11.3 Å². The van der Waals surface area contributed by atoms with Crippen LogP contribution in [0.2, 0.25) is 5.02 Å². The fourth-order valence-electron chi connectivity index (χ4n) is 1.60. The fraction of sp³-hybridized carbons (Fsp3) is 0.0833. The minimum absolute atomic E-state index is 0.480. The van der Waals surface area contributed by atoms with Crippen LogP contribution in [0, 0.1) is 0 Å². The number of halogens is 1. The number of nitrogens with two attached hydrogens (primary N) is 1. The molecule has 19 heavy (non-hydrogen) atoms. The van der Waals surface area contributed by atoms with Crippen LogP contribution in [-0.4, -0.2) is 15.1 Å². The first-order chi connectivity index (χ1) is 9.20. The van der Waals surface area contributed by atoms with Crippen LogP contribution >= 0.6 is 22.9 Å². The van der Waals surface area contributed by atoms with E-state index in [-0.39, 0.29) is 0 Å². The number of benzene rings is 1. The molecule has 7 heteroatoms. The largest absolute Gasteiger partial charge is 0.375 e. The molecule has 2 N–H and O–H groups in total. The van der Waals surface area contributed by atoms with Crippen molar-refractivity contribution >= 4 is 28.1 Å². The van der Waals surface area contributed by atoms with Crippen LogP contribution in [0.1, 0.15) is 11.6 Å². The number of thiazole rings is 1. The van der Waals surface area contributed by atoms with Crippen molar-refractivity contribution in [3.8, 4) is 11.4 Å². The summed E-state index contributed by atoms with van der Waals surface area (Å²) in [7, 11) is 0. The molecule has 0 spiro atoms. The van der Waals surface area contributed by atoms with Crippen molar-refractivity contribution in [1.29, 1.82) is 0 Å². The SMILES string of the molecule is Nc1nc(Cc2nc(-c3ccc(Cl)cc3)no2)cs1. The topological polar surface area (TPSA) is 77.8 Å². The highest BCUT2D eigenvalue weighted by Crippen LogP contribution is 2.20. The van der Waals surface area contributed by atoms with Gasteiger partial charge in [0.2, 0.25) is 11.7 Å². The van der Waals surface area contributed by atoms with Crippen molar-refractivity contribution < 1.29 is 4.52 Å². The lowest BCUT2D eigenvalue weighted by molar-refractivity contribution is 0.385. The van der Waals surface area contributed by atoms with E-state index in [1.54, 1.807) is 12.1 Å². The molecule has 2 heterocycles. The van der Waals surface area contributed by atoms with Crippen molar-refractivity contribution in [2.75, 3.05) is 5.73 Å². The number of nitrogen functional groups attached to an aromatic ring is 1. The number of hydrogen-bond acceptors (Lipinski definition) is 6. The van der Waals surface area contributed by atoms with Crippen LogP contribution in [0.5, 0.6) is 0 Å². The second kappa shape index (κ2) is 4.99. The second-order valence-corrected chi connectivity index (χ2v) is 5.20. The number of rotatable bonds is 3. The summed E-state index contributed by atoms with van der Waals surface area (Å²) in [4.78, 5) is 8.47. The average molecular weight is 293 g/mol. The Morgan fingerprint density at radius 2 is 2.00 bits per heavy atom. The zero-order valence-electron chi connectivity index (χ0n) is 9.71. The maximum Gasteiger partial charge on any atom is 0.233 e. The van der Waals surface area contributed by atoms with E-state index in [9.17, 15) is 0 Å². The summed E-state index contributed by atoms with van der Waals surface area (Å²) in [6, 6.07) is 7.26. The molecule has 0 fully saturated rings. The highest BCUT2D eigenvalue weighted by Gasteiger charge is 2.10. The van der Waals surface area contributed by atoms with E-state index >= 15 is 0 Å². The molecule has 0 saturated heterocycles. The van der Waals surface area contributed by atoms with Crippen LogP contribution < -0.4 is 5.73 Å². The van der Waals surface area contributed by atoms with Crippen LogP contribution in [0.3, 0.4) is 0 Å². The Hall–Kier alpha value is -1.92. The number of anilines is 1. The van der Waals surface area contributed by atoms with Crippen molar-refractivity contribution in [2.45, 2.75) is 6.42 Å². The first kappa shape index (κ1) is 12.1.